The summed E-state index contributed by atoms with van der Waals surface area (Å²) in [6, 6.07) is 5.05. The topological polar surface area (TPSA) is 85.0 Å². The summed E-state index contributed by atoms with van der Waals surface area (Å²) >= 11 is 0. The van der Waals surface area contributed by atoms with Gasteiger partial charge in [-0.05, 0) is 37.6 Å². The monoisotopic (exact) mass is 414 g/mol. The van der Waals surface area contributed by atoms with Crippen LogP contribution in [0.4, 0.5) is 8.78 Å². The van der Waals surface area contributed by atoms with Crippen LogP contribution >= 0.6 is 0 Å². The summed E-state index contributed by atoms with van der Waals surface area (Å²) in [5.74, 6) is -0.134. The van der Waals surface area contributed by atoms with Crippen molar-refractivity contribution in [2.75, 3.05) is 6.61 Å². The van der Waals surface area contributed by atoms with Crippen molar-refractivity contribution in [3.05, 3.63) is 58.5 Å². The summed E-state index contributed by atoms with van der Waals surface area (Å²) in [6.07, 6.45) is -0.00501. The van der Waals surface area contributed by atoms with E-state index in [1.54, 1.807) is 0 Å². The van der Waals surface area contributed by atoms with E-state index in [2.05, 4.69) is 19.7 Å². The van der Waals surface area contributed by atoms with Gasteiger partial charge in [-0.3, -0.25) is 10.00 Å². The van der Waals surface area contributed by atoms with Crippen molar-refractivity contribution in [2.24, 2.45) is 12.8 Å². The minimum Gasteiger partial charge on any atom is -0.370 e. The van der Waals surface area contributed by atoms with E-state index >= 15 is 0 Å². The molecule has 30 heavy (non-hydrogen) atoms. The highest BCUT2D eigenvalue weighted by atomic mass is 19.1. The van der Waals surface area contributed by atoms with Crippen LogP contribution < -0.4 is 5.73 Å². The van der Waals surface area contributed by atoms with Gasteiger partial charge < -0.3 is 15.0 Å². The van der Waals surface area contributed by atoms with Gasteiger partial charge >= 0.3 is 0 Å². The van der Waals surface area contributed by atoms with E-state index in [1.165, 1.54) is 6.07 Å². The Morgan fingerprint density at radius 3 is 2.77 bits per heavy atom. The second kappa shape index (κ2) is 7.26. The fourth-order valence-electron chi connectivity index (χ4n) is 4.52. The molecule has 3 atom stereocenters. The number of aromatic amines is 1. The van der Waals surface area contributed by atoms with Gasteiger partial charge in [-0.1, -0.05) is 0 Å². The first-order chi connectivity index (χ1) is 14.4. The van der Waals surface area contributed by atoms with Gasteiger partial charge in [0, 0.05) is 43.5 Å². The third kappa shape index (κ3) is 3.23. The number of halogens is 2. The number of nitrogens with one attached hydrogen (secondary N) is 1. The predicted octanol–water partition coefficient (Wildman–Crippen LogP) is 2.57. The standard InChI is InChI=1S/C21H24F2N6O/c1-11-5-17(27-26-11)21-25-18-8-29(9-19(18)28(21)2)13-7-16(24)20(30-10-13)14-6-12(22)3-4-15(14)23/h3-6,13,16,20H,7-10,24H2,1-2H3,(H,26,27)/t13-,16+,20-/m1/s1. The molecule has 0 amide bonds. The Bertz CT molecular complexity index is 1090. The third-order valence-corrected chi connectivity index (χ3v) is 6.12. The lowest BCUT2D eigenvalue weighted by atomic mass is 9.93. The number of H-pyrrole nitrogens is 1. The van der Waals surface area contributed by atoms with Crippen LogP contribution in [0.15, 0.2) is 24.3 Å². The molecule has 0 bridgehead atoms. The molecule has 1 fully saturated rings. The zero-order valence-corrected chi connectivity index (χ0v) is 16.9. The molecule has 2 aliphatic rings. The molecule has 158 valence electrons. The number of nitrogens with zero attached hydrogens (tertiary/aromatic N) is 4. The average molecular weight is 414 g/mol. The lowest BCUT2D eigenvalue weighted by Crippen LogP contribution is -2.47. The second-order valence-corrected chi connectivity index (χ2v) is 8.20. The molecular weight excluding hydrogens is 390 g/mol. The smallest absolute Gasteiger partial charge is 0.160 e. The first-order valence-electron chi connectivity index (χ1n) is 10.0. The molecule has 4 heterocycles. The fourth-order valence-corrected chi connectivity index (χ4v) is 4.52. The molecular formula is C21H24F2N6O. The third-order valence-electron chi connectivity index (χ3n) is 6.12. The summed E-state index contributed by atoms with van der Waals surface area (Å²) in [6.45, 7) is 3.81. The summed E-state index contributed by atoms with van der Waals surface area (Å²) in [5.41, 5.74) is 10.5. The number of ether oxygens (including phenoxy) is 1. The fraction of sp³-hybridized carbons (Fsp3) is 0.429. The van der Waals surface area contributed by atoms with Gasteiger partial charge in [-0.15, -0.1) is 0 Å². The summed E-state index contributed by atoms with van der Waals surface area (Å²) < 4.78 is 35.7. The van der Waals surface area contributed by atoms with E-state index in [-0.39, 0.29) is 11.6 Å². The van der Waals surface area contributed by atoms with Crippen LogP contribution in [0.2, 0.25) is 0 Å². The Labute approximate surface area is 172 Å². The lowest BCUT2D eigenvalue weighted by Gasteiger charge is -2.38. The normalized spacial score (nSPS) is 24.4. The number of rotatable bonds is 3. The summed E-state index contributed by atoms with van der Waals surface area (Å²) in [4.78, 5) is 7.08. The van der Waals surface area contributed by atoms with Gasteiger partial charge in [0.25, 0.3) is 0 Å². The van der Waals surface area contributed by atoms with E-state index in [0.717, 1.165) is 47.3 Å². The van der Waals surface area contributed by atoms with E-state index in [0.29, 0.717) is 19.6 Å². The van der Waals surface area contributed by atoms with Crippen molar-refractivity contribution in [1.82, 2.24) is 24.6 Å². The van der Waals surface area contributed by atoms with E-state index in [1.807, 2.05) is 20.0 Å². The number of imidazole rings is 1. The van der Waals surface area contributed by atoms with E-state index < -0.39 is 23.8 Å². The van der Waals surface area contributed by atoms with Crippen molar-refractivity contribution in [1.29, 1.82) is 0 Å². The molecule has 9 heteroatoms. The minimum absolute atomic E-state index is 0.0955. The van der Waals surface area contributed by atoms with Crippen LogP contribution in [0.1, 0.15) is 35.2 Å². The lowest BCUT2D eigenvalue weighted by molar-refractivity contribution is -0.0534. The Balaban J connectivity index is 1.29. The Morgan fingerprint density at radius 2 is 2.07 bits per heavy atom. The van der Waals surface area contributed by atoms with Gasteiger partial charge in [-0.2, -0.15) is 5.10 Å². The molecule has 3 N–H and O–H groups in total. The SMILES string of the molecule is Cc1cc(-c2nc3c(n2C)CN([C@H]2CO[C@H](c4cc(F)ccc4F)[C@@H](N)C2)C3)n[nH]1. The molecule has 5 rings (SSSR count). The largest absolute Gasteiger partial charge is 0.370 e. The zero-order chi connectivity index (χ0) is 21.0. The molecule has 3 aromatic rings. The van der Waals surface area contributed by atoms with Crippen molar-refractivity contribution in [3.63, 3.8) is 0 Å². The molecule has 0 spiro atoms. The minimum atomic E-state index is -0.644. The maximum absolute atomic E-state index is 14.2. The van der Waals surface area contributed by atoms with Crippen LogP contribution in [0.3, 0.4) is 0 Å². The predicted molar refractivity (Wildman–Crippen MR) is 106 cm³/mol. The maximum Gasteiger partial charge on any atom is 0.160 e. The molecule has 2 aliphatic heterocycles. The van der Waals surface area contributed by atoms with Crippen LogP contribution in [0, 0.1) is 18.6 Å². The number of hydrogen-bond acceptors (Lipinski definition) is 5. The van der Waals surface area contributed by atoms with Crippen LogP contribution in [0.5, 0.6) is 0 Å². The molecule has 1 aromatic carbocycles. The Morgan fingerprint density at radius 1 is 1.23 bits per heavy atom. The van der Waals surface area contributed by atoms with Crippen molar-refractivity contribution < 1.29 is 13.5 Å². The molecule has 1 saturated heterocycles. The first-order valence-corrected chi connectivity index (χ1v) is 10.0. The highest BCUT2D eigenvalue weighted by molar-refractivity contribution is 5.52. The van der Waals surface area contributed by atoms with E-state index in [9.17, 15) is 8.78 Å². The second-order valence-electron chi connectivity index (χ2n) is 8.20. The molecule has 0 saturated carbocycles. The van der Waals surface area contributed by atoms with Crippen molar-refractivity contribution in [3.8, 4) is 11.5 Å². The Hall–Kier alpha value is -2.62. The van der Waals surface area contributed by atoms with E-state index in [4.69, 9.17) is 15.5 Å². The molecule has 0 aliphatic carbocycles. The van der Waals surface area contributed by atoms with Gasteiger partial charge in [0.05, 0.1) is 18.0 Å². The summed E-state index contributed by atoms with van der Waals surface area (Å²) in [7, 11) is 2.00. The van der Waals surface area contributed by atoms with Crippen molar-refractivity contribution in [2.45, 2.75) is 44.6 Å². The number of aromatic nitrogens is 4. The van der Waals surface area contributed by atoms with Crippen LogP contribution in [-0.4, -0.2) is 43.3 Å². The molecule has 0 radical (unpaired) electrons. The average Bonchev–Trinajstić information content (AvgIpc) is 3.40. The first kappa shape index (κ1) is 19.3. The molecule has 7 nitrogen and oxygen atoms in total. The van der Waals surface area contributed by atoms with Crippen LogP contribution in [-0.2, 0) is 24.9 Å². The maximum atomic E-state index is 14.2. The molecule has 0 unspecified atom stereocenters. The van der Waals surface area contributed by atoms with Gasteiger partial charge in [0.2, 0.25) is 0 Å². The number of benzene rings is 1. The summed E-state index contributed by atoms with van der Waals surface area (Å²) in [5, 5.41) is 7.27. The molecule has 2 aromatic heterocycles. The quantitative estimate of drug-likeness (QED) is 0.688. The highest BCUT2D eigenvalue weighted by Gasteiger charge is 2.38. The zero-order valence-electron chi connectivity index (χ0n) is 16.9. The van der Waals surface area contributed by atoms with Gasteiger partial charge in [0.15, 0.2) is 5.82 Å². The Kier molecular flexibility index (Phi) is 4.68. The number of nitrogens with two attached hydrogens (primary N) is 1. The van der Waals surface area contributed by atoms with Gasteiger partial charge in [0.1, 0.15) is 23.4 Å². The van der Waals surface area contributed by atoms with Gasteiger partial charge in [-0.25, -0.2) is 13.8 Å². The number of aryl methyl sites for hydroxylation is 1. The van der Waals surface area contributed by atoms with Crippen molar-refractivity contribution >= 4 is 0 Å². The van der Waals surface area contributed by atoms with Crippen LogP contribution in [0.25, 0.3) is 11.5 Å². The number of fused-ring (bicyclic) bond motifs is 1. The number of hydrogen-bond donors (Lipinski definition) is 2. The highest BCUT2D eigenvalue weighted by Crippen LogP contribution is 2.35.